The Morgan fingerprint density at radius 1 is 1.15 bits per heavy atom. The zero-order chi connectivity index (χ0) is 19.6. The van der Waals surface area contributed by atoms with Crippen LogP contribution >= 0.6 is 35.1 Å². The van der Waals surface area contributed by atoms with Crippen LogP contribution in [-0.4, -0.2) is 37.7 Å². The van der Waals surface area contributed by atoms with Crippen LogP contribution in [0.4, 0.5) is 0 Å². The van der Waals surface area contributed by atoms with Crippen molar-refractivity contribution in [2.45, 2.75) is 22.8 Å². The van der Waals surface area contributed by atoms with Crippen LogP contribution in [0.3, 0.4) is 0 Å². The van der Waals surface area contributed by atoms with Gasteiger partial charge in [0.05, 0.1) is 19.5 Å². The number of hydrogen-bond donors (Lipinski definition) is 1. The van der Waals surface area contributed by atoms with Gasteiger partial charge in [0.25, 0.3) is 0 Å². The molecule has 7 heteroatoms. The van der Waals surface area contributed by atoms with Gasteiger partial charge in [0, 0.05) is 28.0 Å². The highest BCUT2D eigenvalue weighted by atomic mass is 35.5. The number of benzene rings is 2. The Kier molecular flexibility index (Phi) is 9.18. The molecule has 0 bridgehead atoms. The van der Waals surface area contributed by atoms with Crippen molar-refractivity contribution in [3.05, 3.63) is 53.1 Å². The van der Waals surface area contributed by atoms with E-state index >= 15 is 0 Å². The van der Waals surface area contributed by atoms with E-state index in [0.717, 1.165) is 27.0 Å². The second-order valence-corrected chi connectivity index (χ2v) is 8.64. The lowest BCUT2D eigenvalue weighted by molar-refractivity contribution is -0.120. The van der Waals surface area contributed by atoms with Gasteiger partial charge in [0.15, 0.2) is 11.5 Å². The van der Waals surface area contributed by atoms with Crippen LogP contribution in [-0.2, 0) is 10.5 Å². The number of nitrogens with one attached hydrogen (secondary N) is 1. The van der Waals surface area contributed by atoms with Crippen LogP contribution < -0.4 is 14.8 Å². The lowest BCUT2D eigenvalue weighted by atomic mass is 10.2. The quantitative estimate of drug-likeness (QED) is 0.434. The summed E-state index contributed by atoms with van der Waals surface area (Å²) in [4.78, 5) is 13.3. The molecule has 0 heterocycles. The SMILES string of the molecule is COc1ccc(S[C@@H](C)C(=O)NCCSCc2ccccc2Cl)cc1OC. The number of amides is 1. The number of rotatable bonds is 10. The molecule has 0 aliphatic carbocycles. The van der Waals surface area contributed by atoms with Gasteiger partial charge in [-0.1, -0.05) is 29.8 Å². The van der Waals surface area contributed by atoms with E-state index in [1.54, 1.807) is 26.0 Å². The summed E-state index contributed by atoms with van der Waals surface area (Å²) in [7, 11) is 3.20. The van der Waals surface area contributed by atoms with Crippen molar-refractivity contribution in [3.8, 4) is 11.5 Å². The zero-order valence-corrected chi connectivity index (χ0v) is 18.0. The first-order valence-corrected chi connectivity index (χ1v) is 10.9. The molecule has 1 N–H and O–H groups in total. The number of carbonyl (C=O) groups excluding carboxylic acids is 1. The van der Waals surface area contributed by atoms with Crippen molar-refractivity contribution < 1.29 is 14.3 Å². The zero-order valence-electron chi connectivity index (χ0n) is 15.7. The summed E-state index contributed by atoms with van der Waals surface area (Å²) in [5.41, 5.74) is 1.12. The Labute approximate surface area is 174 Å². The summed E-state index contributed by atoms with van der Waals surface area (Å²) in [5, 5.41) is 3.57. The van der Waals surface area contributed by atoms with Crippen molar-refractivity contribution in [3.63, 3.8) is 0 Å². The first-order valence-electron chi connectivity index (χ1n) is 8.52. The number of methoxy groups -OCH3 is 2. The van der Waals surface area contributed by atoms with Crippen LogP contribution in [0, 0.1) is 0 Å². The largest absolute Gasteiger partial charge is 0.493 e. The van der Waals surface area contributed by atoms with Crippen LogP contribution in [0.25, 0.3) is 0 Å². The fourth-order valence-corrected chi connectivity index (χ4v) is 4.40. The molecule has 27 heavy (non-hydrogen) atoms. The predicted molar refractivity (Wildman–Crippen MR) is 115 cm³/mol. The second kappa shape index (κ2) is 11.4. The Balaban J connectivity index is 1.73. The van der Waals surface area contributed by atoms with E-state index in [-0.39, 0.29) is 11.2 Å². The molecule has 0 unspecified atom stereocenters. The molecule has 2 aromatic carbocycles. The van der Waals surface area contributed by atoms with Gasteiger partial charge in [0.1, 0.15) is 0 Å². The van der Waals surface area contributed by atoms with E-state index in [9.17, 15) is 4.79 Å². The molecule has 0 saturated heterocycles. The van der Waals surface area contributed by atoms with Crippen molar-refractivity contribution >= 4 is 41.0 Å². The molecular formula is C20H24ClNO3S2. The van der Waals surface area contributed by atoms with Crippen LogP contribution in [0.5, 0.6) is 11.5 Å². The Morgan fingerprint density at radius 2 is 1.89 bits per heavy atom. The van der Waals surface area contributed by atoms with Crippen LogP contribution in [0.2, 0.25) is 5.02 Å². The minimum absolute atomic E-state index is 0.0214. The topological polar surface area (TPSA) is 47.6 Å². The maximum atomic E-state index is 12.3. The Morgan fingerprint density at radius 3 is 2.59 bits per heavy atom. The number of hydrogen-bond acceptors (Lipinski definition) is 5. The third-order valence-corrected chi connectivity index (χ3v) is 6.27. The van der Waals surface area contributed by atoms with Gasteiger partial charge in [-0.3, -0.25) is 4.79 Å². The van der Waals surface area contributed by atoms with Gasteiger partial charge in [-0.15, -0.1) is 11.8 Å². The molecule has 0 radical (unpaired) electrons. The average molecular weight is 426 g/mol. The van der Waals surface area contributed by atoms with Crippen molar-refractivity contribution in [2.75, 3.05) is 26.5 Å². The Bertz CT molecular complexity index is 758. The highest BCUT2D eigenvalue weighted by molar-refractivity contribution is 8.00. The van der Waals surface area contributed by atoms with E-state index in [4.69, 9.17) is 21.1 Å². The average Bonchev–Trinajstić information content (AvgIpc) is 2.68. The summed E-state index contributed by atoms with van der Waals surface area (Å²) in [6.07, 6.45) is 0. The molecule has 2 aromatic rings. The maximum absolute atomic E-state index is 12.3. The van der Waals surface area contributed by atoms with Gasteiger partial charge < -0.3 is 14.8 Å². The number of thioether (sulfide) groups is 2. The lowest BCUT2D eigenvalue weighted by Crippen LogP contribution is -2.32. The first-order chi connectivity index (χ1) is 13.0. The molecule has 1 atom stereocenters. The number of carbonyl (C=O) groups is 1. The molecule has 0 aromatic heterocycles. The molecule has 1 amide bonds. The monoisotopic (exact) mass is 425 g/mol. The number of halogens is 1. The van der Waals surface area contributed by atoms with Crippen LogP contribution in [0.1, 0.15) is 12.5 Å². The Hall–Kier alpha value is -1.50. The van der Waals surface area contributed by atoms with E-state index in [1.165, 1.54) is 11.8 Å². The van der Waals surface area contributed by atoms with Gasteiger partial charge in [-0.25, -0.2) is 0 Å². The summed E-state index contributed by atoms with van der Waals surface area (Å²) >= 11 is 9.39. The van der Waals surface area contributed by atoms with Crippen molar-refractivity contribution in [1.82, 2.24) is 5.32 Å². The smallest absolute Gasteiger partial charge is 0.233 e. The standard InChI is InChI=1S/C20H24ClNO3S2/c1-14(27-16-8-9-18(24-2)19(12-16)25-3)20(23)22-10-11-26-13-15-6-4-5-7-17(15)21/h4-9,12,14H,10-11,13H2,1-3H3,(H,22,23)/t14-/m0/s1. The highest BCUT2D eigenvalue weighted by Gasteiger charge is 2.15. The van der Waals surface area contributed by atoms with Gasteiger partial charge in [-0.05, 0) is 36.8 Å². The molecule has 4 nitrogen and oxygen atoms in total. The summed E-state index contributed by atoms with van der Waals surface area (Å²) in [6.45, 7) is 2.53. The molecule has 0 spiro atoms. The van der Waals surface area contributed by atoms with Gasteiger partial charge in [-0.2, -0.15) is 11.8 Å². The molecular weight excluding hydrogens is 402 g/mol. The maximum Gasteiger partial charge on any atom is 0.233 e. The number of ether oxygens (including phenoxy) is 2. The molecule has 0 aliphatic rings. The third-order valence-electron chi connectivity index (χ3n) is 3.80. The van der Waals surface area contributed by atoms with Crippen LogP contribution in [0.15, 0.2) is 47.4 Å². The van der Waals surface area contributed by atoms with E-state index in [0.29, 0.717) is 18.0 Å². The molecule has 2 rings (SSSR count). The summed E-state index contributed by atoms with van der Waals surface area (Å²) < 4.78 is 10.5. The van der Waals surface area contributed by atoms with Crippen molar-refractivity contribution in [2.24, 2.45) is 0 Å². The molecule has 0 fully saturated rings. The lowest BCUT2D eigenvalue weighted by Gasteiger charge is -2.14. The normalized spacial score (nSPS) is 11.7. The van der Waals surface area contributed by atoms with Gasteiger partial charge in [0.2, 0.25) is 5.91 Å². The highest BCUT2D eigenvalue weighted by Crippen LogP contribution is 2.33. The predicted octanol–water partition coefficient (Wildman–Crippen LogP) is 4.89. The minimum Gasteiger partial charge on any atom is -0.493 e. The third kappa shape index (κ3) is 6.87. The van der Waals surface area contributed by atoms with Gasteiger partial charge >= 0.3 is 0 Å². The molecule has 0 saturated carbocycles. The molecule has 146 valence electrons. The van der Waals surface area contributed by atoms with E-state index < -0.39 is 0 Å². The first kappa shape index (κ1) is 21.8. The van der Waals surface area contributed by atoms with Crippen molar-refractivity contribution in [1.29, 1.82) is 0 Å². The fourth-order valence-electron chi connectivity index (χ4n) is 2.34. The molecule has 0 aliphatic heterocycles. The minimum atomic E-state index is -0.198. The van der Waals surface area contributed by atoms with E-state index in [2.05, 4.69) is 5.32 Å². The second-order valence-electron chi connectivity index (χ2n) is 5.71. The summed E-state index contributed by atoms with van der Waals surface area (Å²) in [5.74, 6) is 3.03. The fraction of sp³-hybridized carbons (Fsp3) is 0.350. The summed E-state index contributed by atoms with van der Waals surface area (Å²) in [6, 6.07) is 13.5. The van der Waals surface area contributed by atoms with E-state index in [1.807, 2.05) is 49.4 Å².